The van der Waals surface area contributed by atoms with Crippen molar-refractivity contribution in [3.63, 3.8) is 0 Å². The maximum Gasteiger partial charge on any atom is 0.458 e. The van der Waals surface area contributed by atoms with Crippen LogP contribution in [-0.4, -0.2) is 37.8 Å². The van der Waals surface area contributed by atoms with Crippen molar-refractivity contribution in [3.8, 4) is 11.5 Å². The molecule has 0 aliphatic rings. The zero-order valence-corrected chi connectivity index (χ0v) is 27.6. The molecule has 0 aliphatic heterocycles. The number of hydrogen-bond donors (Lipinski definition) is 2. The van der Waals surface area contributed by atoms with Crippen molar-refractivity contribution in [2.45, 2.75) is 77.3 Å². The fourth-order valence-electron chi connectivity index (χ4n) is 3.25. The van der Waals surface area contributed by atoms with Gasteiger partial charge in [-0.25, -0.2) is 19.3 Å². The van der Waals surface area contributed by atoms with Gasteiger partial charge in [0.2, 0.25) is 0 Å². The van der Waals surface area contributed by atoms with E-state index in [-0.39, 0.29) is 12.1 Å². The summed E-state index contributed by atoms with van der Waals surface area (Å²) >= 11 is 3.34. The smallest absolute Gasteiger partial charge is 0.413 e. The molecule has 0 amide bonds. The number of hydrogen-bond acceptors (Lipinski definition) is 8. The SMILES string of the molecule is CCOP(=O)(NC(C)C)Oc1ccc(SC)c(C)c1.CCOP(=O)(NC(C)C)Oc1ccc(SC)c(C)c1. The molecule has 8 nitrogen and oxygen atoms in total. The minimum Gasteiger partial charge on any atom is -0.413 e. The van der Waals surface area contributed by atoms with Crippen molar-refractivity contribution < 1.29 is 27.2 Å². The molecule has 2 aromatic rings. The predicted octanol–water partition coefficient (Wildman–Crippen LogP) is 8.48. The Kier molecular flexibility index (Phi) is 15.7. The summed E-state index contributed by atoms with van der Waals surface area (Å²) in [5.74, 6) is 1.11. The lowest BCUT2D eigenvalue weighted by molar-refractivity contribution is 0.264. The van der Waals surface area contributed by atoms with Crippen LogP contribution in [0.3, 0.4) is 0 Å². The first-order valence-corrected chi connectivity index (χ1v) is 18.1. The highest BCUT2D eigenvalue weighted by Gasteiger charge is 2.28. The van der Waals surface area contributed by atoms with Crippen LogP contribution in [0.4, 0.5) is 0 Å². The minimum atomic E-state index is -3.30. The van der Waals surface area contributed by atoms with Gasteiger partial charge in [0.1, 0.15) is 11.5 Å². The molecule has 0 spiro atoms. The number of rotatable bonds is 14. The van der Waals surface area contributed by atoms with Gasteiger partial charge in [-0.05, 0) is 115 Å². The standard InChI is InChI=1S/2C13H22NO3PS/c2*1-6-16-18(15,14-10(2)3)17-12-7-8-13(19-5)11(4)9-12/h2*7-10H,6H2,1-5H3,(H,14,15). The molecular weight excluding hydrogens is 562 g/mol. The second-order valence-electron chi connectivity index (χ2n) is 8.84. The Balaban J connectivity index is 0.000000380. The molecule has 38 heavy (non-hydrogen) atoms. The van der Waals surface area contributed by atoms with Gasteiger partial charge in [0, 0.05) is 21.9 Å². The quantitative estimate of drug-likeness (QED) is 0.161. The van der Waals surface area contributed by atoms with Crippen LogP contribution < -0.4 is 19.2 Å². The summed E-state index contributed by atoms with van der Waals surface area (Å²) in [5, 5.41) is 5.72. The fourth-order valence-corrected chi connectivity index (χ4v) is 7.50. The Morgan fingerprint density at radius 1 is 0.711 bits per heavy atom. The Bertz CT molecular complexity index is 1020. The van der Waals surface area contributed by atoms with E-state index in [1.807, 2.05) is 90.5 Å². The second-order valence-corrected chi connectivity index (χ2v) is 13.9. The second kappa shape index (κ2) is 17.0. The summed E-state index contributed by atoms with van der Waals surface area (Å²) in [6.07, 6.45) is 4.04. The van der Waals surface area contributed by atoms with Crippen LogP contribution in [0.1, 0.15) is 52.7 Å². The van der Waals surface area contributed by atoms with Crippen LogP contribution in [0.5, 0.6) is 11.5 Å². The van der Waals surface area contributed by atoms with Crippen molar-refractivity contribution in [2.24, 2.45) is 0 Å². The van der Waals surface area contributed by atoms with E-state index in [1.165, 1.54) is 9.79 Å². The molecule has 0 fully saturated rings. The zero-order chi connectivity index (χ0) is 28.9. The van der Waals surface area contributed by atoms with Crippen LogP contribution in [0.15, 0.2) is 46.2 Å². The van der Waals surface area contributed by atoms with Crippen molar-refractivity contribution in [1.82, 2.24) is 10.2 Å². The molecule has 0 saturated carbocycles. The molecule has 2 N–H and O–H groups in total. The van der Waals surface area contributed by atoms with E-state index in [9.17, 15) is 9.13 Å². The highest BCUT2D eigenvalue weighted by Crippen LogP contribution is 2.46. The van der Waals surface area contributed by atoms with E-state index in [0.717, 1.165) is 11.1 Å². The van der Waals surface area contributed by atoms with Crippen molar-refractivity contribution in [2.75, 3.05) is 25.7 Å². The normalized spacial score (nSPS) is 14.4. The molecule has 0 radical (unpaired) electrons. The summed E-state index contributed by atoms with van der Waals surface area (Å²) in [7, 11) is -6.60. The molecule has 0 aliphatic carbocycles. The fraction of sp³-hybridized carbons (Fsp3) is 0.538. The summed E-state index contributed by atoms with van der Waals surface area (Å²) in [5.41, 5.74) is 2.19. The van der Waals surface area contributed by atoms with E-state index in [2.05, 4.69) is 10.2 Å². The van der Waals surface area contributed by atoms with Crippen LogP contribution in [0.2, 0.25) is 0 Å². The van der Waals surface area contributed by atoms with Crippen LogP contribution in [-0.2, 0) is 18.2 Å². The molecular formula is C26H44N2O6P2S2. The van der Waals surface area contributed by atoms with Gasteiger partial charge < -0.3 is 9.05 Å². The van der Waals surface area contributed by atoms with Crippen molar-refractivity contribution in [3.05, 3.63) is 47.5 Å². The zero-order valence-electron chi connectivity index (χ0n) is 24.2. The maximum atomic E-state index is 12.5. The molecule has 0 saturated heterocycles. The number of thioether (sulfide) groups is 2. The van der Waals surface area contributed by atoms with Gasteiger partial charge in [0.05, 0.1) is 13.2 Å². The lowest BCUT2D eigenvalue weighted by Crippen LogP contribution is -2.23. The maximum absolute atomic E-state index is 12.5. The predicted molar refractivity (Wildman–Crippen MR) is 162 cm³/mol. The first-order chi connectivity index (χ1) is 17.8. The summed E-state index contributed by atoms with van der Waals surface area (Å²) < 4.78 is 46.6. The van der Waals surface area contributed by atoms with Gasteiger partial charge in [-0.3, -0.25) is 9.05 Å². The van der Waals surface area contributed by atoms with E-state index >= 15 is 0 Å². The third kappa shape index (κ3) is 12.5. The van der Waals surface area contributed by atoms with Crippen LogP contribution in [0.25, 0.3) is 0 Å². The topological polar surface area (TPSA) is 95.1 Å². The molecule has 0 aromatic heterocycles. The Morgan fingerprint density at radius 2 is 1.05 bits per heavy atom. The third-order valence-corrected chi connectivity index (χ3v) is 10.2. The van der Waals surface area contributed by atoms with E-state index in [0.29, 0.717) is 24.7 Å². The average Bonchev–Trinajstić information content (AvgIpc) is 2.78. The third-order valence-electron chi connectivity index (χ3n) is 4.61. The molecule has 0 heterocycles. The highest BCUT2D eigenvalue weighted by atomic mass is 32.2. The number of aryl methyl sites for hydroxylation is 2. The monoisotopic (exact) mass is 606 g/mol. The highest BCUT2D eigenvalue weighted by molar-refractivity contribution is 7.98. The molecule has 2 atom stereocenters. The largest absolute Gasteiger partial charge is 0.458 e. The molecule has 2 aromatic carbocycles. The molecule has 2 rings (SSSR count). The minimum absolute atomic E-state index is 0.0175. The van der Waals surface area contributed by atoms with E-state index in [4.69, 9.17) is 18.1 Å². The van der Waals surface area contributed by atoms with Gasteiger partial charge in [0.25, 0.3) is 0 Å². The van der Waals surface area contributed by atoms with Crippen molar-refractivity contribution in [1.29, 1.82) is 0 Å². The summed E-state index contributed by atoms with van der Waals surface area (Å²) in [4.78, 5) is 2.35. The van der Waals surface area contributed by atoms with Gasteiger partial charge in [-0.1, -0.05) is 0 Å². The number of nitrogens with one attached hydrogen (secondary N) is 2. The lowest BCUT2D eigenvalue weighted by Gasteiger charge is -2.21. The summed E-state index contributed by atoms with van der Waals surface area (Å²) in [6.45, 7) is 15.8. The van der Waals surface area contributed by atoms with E-state index in [1.54, 1.807) is 37.4 Å². The van der Waals surface area contributed by atoms with Crippen LogP contribution >= 0.6 is 39.0 Å². The first-order valence-electron chi connectivity index (χ1n) is 12.5. The Morgan fingerprint density at radius 3 is 1.29 bits per heavy atom. The summed E-state index contributed by atoms with van der Waals surface area (Å²) in [6, 6.07) is 11.3. The number of benzene rings is 2. The van der Waals surface area contributed by atoms with Gasteiger partial charge in [-0.2, -0.15) is 0 Å². The van der Waals surface area contributed by atoms with Gasteiger partial charge >= 0.3 is 15.5 Å². The molecule has 2 unspecified atom stereocenters. The Labute approximate surface area is 237 Å². The first kappa shape index (κ1) is 35.1. The molecule has 12 heteroatoms. The van der Waals surface area contributed by atoms with Crippen LogP contribution in [0, 0.1) is 13.8 Å². The average molecular weight is 607 g/mol. The Hall–Kier alpha value is -0.960. The van der Waals surface area contributed by atoms with Gasteiger partial charge in [-0.15, -0.1) is 23.5 Å². The molecule has 0 bridgehead atoms. The van der Waals surface area contributed by atoms with Gasteiger partial charge in [0.15, 0.2) is 0 Å². The van der Waals surface area contributed by atoms with Crippen molar-refractivity contribution >= 4 is 39.0 Å². The lowest BCUT2D eigenvalue weighted by atomic mass is 10.2. The molecule has 216 valence electrons. The van der Waals surface area contributed by atoms with E-state index < -0.39 is 15.5 Å².